The molecule has 1 atom stereocenters. The van der Waals surface area contributed by atoms with Crippen LogP contribution in [0.4, 0.5) is 14.6 Å². The third kappa shape index (κ3) is 3.40. The number of rotatable bonds is 4. The summed E-state index contributed by atoms with van der Waals surface area (Å²) in [4.78, 5) is 25.6. The molecule has 3 aromatic rings. The molecule has 30 heavy (non-hydrogen) atoms. The van der Waals surface area contributed by atoms with Crippen molar-refractivity contribution in [2.45, 2.75) is 39.0 Å². The van der Waals surface area contributed by atoms with E-state index < -0.39 is 17.6 Å². The van der Waals surface area contributed by atoms with Crippen LogP contribution in [0.3, 0.4) is 0 Å². The van der Waals surface area contributed by atoms with Gasteiger partial charge in [0, 0.05) is 23.6 Å². The van der Waals surface area contributed by atoms with Crippen LogP contribution < -0.4 is 5.32 Å². The minimum atomic E-state index is -0.813. The van der Waals surface area contributed by atoms with Gasteiger partial charge in [0.25, 0.3) is 0 Å². The van der Waals surface area contributed by atoms with Crippen molar-refractivity contribution in [3.8, 4) is 5.69 Å². The molecule has 0 spiro atoms. The molecule has 1 aliphatic heterocycles. The van der Waals surface area contributed by atoms with Crippen molar-refractivity contribution >= 4 is 17.5 Å². The fraction of sp³-hybridized carbons (Fsp3) is 0.261. The smallest absolute Gasteiger partial charge is 0.226 e. The van der Waals surface area contributed by atoms with Gasteiger partial charge in [0.2, 0.25) is 5.91 Å². The molecule has 0 saturated heterocycles. The maximum absolute atomic E-state index is 14.4. The second-order valence-corrected chi connectivity index (χ2v) is 7.80. The first-order valence-corrected chi connectivity index (χ1v) is 9.75. The first-order chi connectivity index (χ1) is 14.3. The van der Waals surface area contributed by atoms with Crippen LogP contribution in [0.25, 0.3) is 5.69 Å². The number of amides is 1. The van der Waals surface area contributed by atoms with Crippen molar-refractivity contribution in [1.29, 1.82) is 0 Å². The quantitative estimate of drug-likeness (QED) is 0.624. The van der Waals surface area contributed by atoms with E-state index in [2.05, 4.69) is 24.3 Å². The maximum Gasteiger partial charge on any atom is 0.226 e. The van der Waals surface area contributed by atoms with Crippen molar-refractivity contribution in [1.82, 2.24) is 9.78 Å². The Morgan fingerprint density at radius 2 is 1.87 bits per heavy atom. The molecule has 154 valence electrons. The van der Waals surface area contributed by atoms with E-state index >= 15 is 0 Å². The van der Waals surface area contributed by atoms with Crippen LogP contribution in [0, 0.1) is 18.6 Å². The van der Waals surface area contributed by atoms with Crippen LogP contribution >= 0.6 is 0 Å². The second kappa shape index (κ2) is 7.48. The van der Waals surface area contributed by atoms with Gasteiger partial charge in [-0.2, -0.15) is 5.10 Å². The first-order valence-electron chi connectivity index (χ1n) is 9.75. The molecular weight excluding hydrogens is 388 g/mol. The Morgan fingerprint density at radius 1 is 1.17 bits per heavy atom. The third-order valence-corrected chi connectivity index (χ3v) is 5.42. The van der Waals surface area contributed by atoms with E-state index in [9.17, 15) is 18.4 Å². The van der Waals surface area contributed by atoms with E-state index in [4.69, 9.17) is 0 Å². The molecule has 0 radical (unpaired) electrons. The normalized spacial score (nSPS) is 15.8. The lowest BCUT2D eigenvalue weighted by atomic mass is 9.85. The molecule has 0 saturated carbocycles. The molecule has 0 bridgehead atoms. The Balaban J connectivity index is 1.78. The number of anilines is 1. The van der Waals surface area contributed by atoms with Gasteiger partial charge in [-0.05, 0) is 30.5 Å². The molecule has 0 aliphatic carbocycles. The molecule has 0 unspecified atom stereocenters. The largest absolute Gasteiger partial charge is 0.310 e. The number of nitrogens with one attached hydrogen (secondary N) is 1. The number of aromatic nitrogens is 2. The summed E-state index contributed by atoms with van der Waals surface area (Å²) in [5.41, 5.74) is 2.67. The van der Waals surface area contributed by atoms with Gasteiger partial charge in [0.05, 0.1) is 11.6 Å². The summed E-state index contributed by atoms with van der Waals surface area (Å²) in [6.45, 7) is 5.85. The summed E-state index contributed by atoms with van der Waals surface area (Å²) < 4.78 is 28.9. The van der Waals surface area contributed by atoms with Gasteiger partial charge in [-0.1, -0.05) is 38.1 Å². The molecule has 4 rings (SSSR count). The van der Waals surface area contributed by atoms with Crippen molar-refractivity contribution in [2.75, 3.05) is 5.32 Å². The number of carbonyl (C=O) groups excluding carboxylic acids is 2. The average molecular weight is 409 g/mol. The van der Waals surface area contributed by atoms with Gasteiger partial charge in [-0.15, -0.1) is 0 Å². The minimum absolute atomic E-state index is 0.00423. The Morgan fingerprint density at radius 3 is 2.50 bits per heavy atom. The number of nitrogens with zero attached hydrogens (tertiary/aromatic N) is 2. The van der Waals surface area contributed by atoms with Crippen molar-refractivity contribution in [3.63, 3.8) is 0 Å². The number of ketones is 1. The van der Waals surface area contributed by atoms with Crippen LogP contribution in [0.15, 0.2) is 42.5 Å². The Bertz CT molecular complexity index is 1150. The van der Waals surface area contributed by atoms with E-state index in [1.54, 1.807) is 19.1 Å². The molecule has 5 nitrogen and oxygen atoms in total. The number of fused-ring (bicyclic) bond motifs is 1. The number of halogens is 2. The maximum atomic E-state index is 14.4. The van der Waals surface area contributed by atoms with E-state index in [-0.39, 0.29) is 29.6 Å². The number of benzene rings is 2. The Labute approximate surface area is 172 Å². The zero-order valence-electron chi connectivity index (χ0n) is 16.9. The number of hydrogen-bond donors (Lipinski definition) is 1. The monoisotopic (exact) mass is 409 g/mol. The lowest BCUT2D eigenvalue weighted by Gasteiger charge is -2.23. The predicted molar refractivity (Wildman–Crippen MR) is 109 cm³/mol. The second-order valence-electron chi connectivity index (χ2n) is 7.80. The van der Waals surface area contributed by atoms with E-state index in [1.165, 1.54) is 10.7 Å². The summed E-state index contributed by atoms with van der Waals surface area (Å²) >= 11 is 0. The molecule has 1 N–H and O–H groups in total. The molecule has 1 aromatic heterocycles. The standard InChI is InChI=1S/C23H21F2N3O2/c1-12(2)14-4-6-15(7-5-14)22(30)17-11-20(29)26-23-21(17)13(3)27-28(23)19-9-8-16(24)10-18(19)25/h4-10,12,17H,11H2,1-3H3,(H,26,29)/t17-/m1/s1. The third-order valence-electron chi connectivity index (χ3n) is 5.42. The van der Waals surface area contributed by atoms with Crippen molar-refractivity contribution in [3.05, 3.63) is 76.5 Å². The van der Waals surface area contributed by atoms with Gasteiger partial charge in [-0.3, -0.25) is 9.59 Å². The van der Waals surface area contributed by atoms with Gasteiger partial charge >= 0.3 is 0 Å². The van der Waals surface area contributed by atoms with Crippen LogP contribution in [-0.2, 0) is 4.79 Å². The molecule has 7 heteroatoms. The lowest BCUT2D eigenvalue weighted by molar-refractivity contribution is -0.116. The summed E-state index contributed by atoms with van der Waals surface area (Å²) in [5, 5.41) is 7.04. The highest BCUT2D eigenvalue weighted by molar-refractivity contribution is 6.08. The summed E-state index contributed by atoms with van der Waals surface area (Å²) in [6, 6.07) is 10.5. The van der Waals surface area contributed by atoms with Crippen LogP contribution in [0.1, 0.15) is 59.3 Å². The van der Waals surface area contributed by atoms with Gasteiger partial charge in [0.15, 0.2) is 11.6 Å². The number of hydrogen-bond acceptors (Lipinski definition) is 3. The summed E-state index contributed by atoms with van der Waals surface area (Å²) in [7, 11) is 0. The molecule has 1 amide bonds. The highest BCUT2D eigenvalue weighted by atomic mass is 19.1. The number of Topliss-reactive ketones (excluding diaryl/α,β-unsaturated/α-hetero) is 1. The lowest BCUT2D eigenvalue weighted by Crippen LogP contribution is -2.28. The predicted octanol–water partition coefficient (Wildman–Crippen LogP) is 4.89. The highest BCUT2D eigenvalue weighted by Crippen LogP contribution is 2.38. The zero-order chi connectivity index (χ0) is 21.6. The van der Waals surface area contributed by atoms with E-state index in [0.717, 1.165) is 17.7 Å². The zero-order valence-corrected chi connectivity index (χ0v) is 16.9. The van der Waals surface area contributed by atoms with Crippen molar-refractivity contribution < 1.29 is 18.4 Å². The van der Waals surface area contributed by atoms with Crippen LogP contribution in [-0.4, -0.2) is 21.5 Å². The molecule has 0 fully saturated rings. The van der Waals surface area contributed by atoms with E-state index in [0.29, 0.717) is 22.7 Å². The Hall–Kier alpha value is -3.35. The van der Waals surface area contributed by atoms with Crippen LogP contribution in [0.5, 0.6) is 0 Å². The molecule has 1 aliphatic rings. The average Bonchev–Trinajstić information content (AvgIpc) is 3.03. The molecule has 2 heterocycles. The Kier molecular flexibility index (Phi) is 4.97. The fourth-order valence-electron chi connectivity index (χ4n) is 3.83. The van der Waals surface area contributed by atoms with Gasteiger partial charge in [0.1, 0.15) is 17.3 Å². The topological polar surface area (TPSA) is 64.0 Å². The summed E-state index contributed by atoms with van der Waals surface area (Å²) in [6.07, 6.45) is -0.0177. The van der Waals surface area contributed by atoms with Crippen LogP contribution in [0.2, 0.25) is 0 Å². The number of aryl methyl sites for hydroxylation is 1. The molecule has 2 aromatic carbocycles. The first kappa shape index (κ1) is 19.9. The van der Waals surface area contributed by atoms with Gasteiger partial charge in [-0.25, -0.2) is 13.5 Å². The number of carbonyl (C=O) groups is 2. The SMILES string of the molecule is Cc1nn(-c2ccc(F)cc2F)c2c1[C@H](C(=O)c1ccc(C(C)C)cc1)CC(=O)N2. The summed E-state index contributed by atoms with van der Waals surface area (Å²) in [5.74, 6) is -2.22. The minimum Gasteiger partial charge on any atom is -0.310 e. The highest BCUT2D eigenvalue weighted by Gasteiger charge is 2.36. The van der Waals surface area contributed by atoms with Crippen molar-refractivity contribution in [2.24, 2.45) is 0 Å². The fourth-order valence-corrected chi connectivity index (χ4v) is 3.83. The molecular formula is C23H21F2N3O2. The van der Waals surface area contributed by atoms with E-state index in [1.807, 2.05) is 12.1 Å². The van der Waals surface area contributed by atoms with Gasteiger partial charge < -0.3 is 5.32 Å².